The van der Waals surface area contributed by atoms with Crippen LogP contribution in [-0.2, 0) is 0 Å². The van der Waals surface area contributed by atoms with Crippen molar-refractivity contribution in [3.8, 4) is 23.0 Å². The van der Waals surface area contributed by atoms with Crippen molar-refractivity contribution in [1.29, 1.82) is 0 Å². The normalized spacial score (nSPS) is 12.1. The second-order valence-electron chi connectivity index (χ2n) is 7.56. The lowest BCUT2D eigenvalue weighted by molar-refractivity contribution is 0.167. The summed E-state index contributed by atoms with van der Waals surface area (Å²) in [6.07, 6.45) is 1.47. The highest BCUT2D eigenvalue weighted by Crippen LogP contribution is 2.46. The van der Waals surface area contributed by atoms with E-state index in [2.05, 4.69) is 25.9 Å². The van der Waals surface area contributed by atoms with Crippen molar-refractivity contribution >= 4 is 39.8 Å². The Kier molecular flexibility index (Phi) is 6.08. The molecule has 3 aromatic carbocycles. The number of nitrogens with one attached hydrogen (secondary N) is 3. The molecule has 0 radical (unpaired) electrons. The Labute approximate surface area is 201 Å². The van der Waals surface area contributed by atoms with Crippen LogP contribution in [0.15, 0.2) is 60.9 Å². The molecule has 0 saturated carbocycles. The Morgan fingerprint density at radius 2 is 1.60 bits per heavy atom. The lowest BCUT2D eigenvalue weighted by atomic mass is 10.1. The number of rotatable bonds is 6. The fourth-order valence-electron chi connectivity index (χ4n) is 3.72. The van der Waals surface area contributed by atoms with Crippen molar-refractivity contribution in [3.05, 3.63) is 60.9 Å². The number of anilines is 4. The van der Waals surface area contributed by atoms with Gasteiger partial charge in [0.1, 0.15) is 31.1 Å². The highest BCUT2D eigenvalue weighted by Gasteiger charge is 2.24. The first kappa shape index (κ1) is 22.1. The minimum Gasteiger partial charge on any atom is -0.497 e. The molecular formula is C25H23N5O5. The van der Waals surface area contributed by atoms with Gasteiger partial charge in [0.15, 0.2) is 11.5 Å². The molecule has 0 atom stereocenters. The standard InChI is InChI=1S/C25H23N5O5/c1-32-18-5-3-4-17(12-18)30-25(31)29-16-8-6-15(7-9-16)28-24-21-19(26-14-27-24)13-20(33-2)22-23(21)35-11-10-34-22/h3-9,12-14H,10-11H2,1-2H3,(H,26,27,28)(H2,29,30,31). The number of ether oxygens (including phenoxy) is 4. The molecule has 0 saturated heterocycles. The Bertz CT molecular complexity index is 1380. The van der Waals surface area contributed by atoms with Gasteiger partial charge in [-0.2, -0.15) is 0 Å². The zero-order valence-corrected chi connectivity index (χ0v) is 19.1. The van der Waals surface area contributed by atoms with Gasteiger partial charge in [0.25, 0.3) is 0 Å². The van der Waals surface area contributed by atoms with Crippen molar-refractivity contribution in [2.75, 3.05) is 43.4 Å². The highest BCUT2D eigenvalue weighted by molar-refractivity contribution is 6.01. The summed E-state index contributed by atoms with van der Waals surface area (Å²) in [5, 5.41) is 9.58. The molecule has 35 heavy (non-hydrogen) atoms. The average molecular weight is 473 g/mol. The third kappa shape index (κ3) is 4.67. The summed E-state index contributed by atoms with van der Waals surface area (Å²) in [5.74, 6) is 2.86. The topological polar surface area (TPSA) is 116 Å². The van der Waals surface area contributed by atoms with E-state index in [-0.39, 0.29) is 6.03 Å². The first-order valence-corrected chi connectivity index (χ1v) is 10.8. The van der Waals surface area contributed by atoms with Gasteiger partial charge >= 0.3 is 6.03 Å². The molecule has 5 rings (SSSR count). The van der Waals surface area contributed by atoms with Crippen LogP contribution in [0.5, 0.6) is 23.0 Å². The SMILES string of the molecule is COc1cccc(NC(=O)Nc2ccc(Nc3ncnc4cc(OC)c5c(c34)OCCO5)cc2)c1. The molecule has 0 fully saturated rings. The molecule has 0 spiro atoms. The van der Waals surface area contributed by atoms with E-state index < -0.39 is 0 Å². The molecule has 0 aliphatic carbocycles. The minimum absolute atomic E-state index is 0.363. The Hall–Kier alpha value is -4.73. The molecule has 178 valence electrons. The summed E-state index contributed by atoms with van der Waals surface area (Å²) in [4.78, 5) is 21.1. The summed E-state index contributed by atoms with van der Waals surface area (Å²) < 4.78 is 22.3. The number of carbonyl (C=O) groups excluding carboxylic acids is 1. The van der Waals surface area contributed by atoms with Crippen molar-refractivity contribution in [3.63, 3.8) is 0 Å². The van der Waals surface area contributed by atoms with Crippen molar-refractivity contribution in [2.45, 2.75) is 0 Å². The summed E-state index contributed by atoms with van der Waals surface area (Å²) in [6, 6.07) is 15.8. The molecule has 0 bridgehead atoms. The van der Waals surface area contributed by atoms with Crippen LogP contribution < -0.4 is 34.9 Å². The number of aromatic nitrogens is 2. The van der Waals surface area contributed by atoms with E-state index in [1.165, 1.54) is 6.33 Å². The monoisotopic (exact) mass is 473 g/mol. The van der Waals surface area contributed by atoms with E-state index in [1.54, 1.807) is 56.7 Å². The number of benzene rings is 3. The zero-order valence-electron chi connectivity index (χ0n) is 19.1. The number of hydrogen-bond donors (Lipinski definition) is 3. The maximum absolute atomic E-state index is 12.4. The maximum atomic E-state index is 12.4. The summed E-state index contributed by atoms with van der Waals surface area (Å²) in [5.41, 5.74) is 2.69. The molecule has 3 N–H and O–H groups in total. The fraction of sp³-hybridized carbons (Fsp3) is 0.160. The molecule has 4 aromatic rings. The fourth-order valence-corrected chi connectivity index (χ4v) is 3.72. The Balaban J connectivity index is 1.33. The zero-order chi connectivity index (χ0) is 24.2. The number of fused-ring (bicyclic) bond motifs is 3. The molecule has 0 unspecified atom stereocenters. The van der Waals surface area contributed by atoms with Crippen LogP contribution in [0.1, 0.15) is 0 Å². The maximum Gasteiger partial charge on any atom is 0.323 e. The second kappa shape index (κ2) is 9.64. The number of amides is 2. The van der Waals surface area contributed by atoms with Gasteiger partial charge in [0.05, 0.1) is 25.1 Å². The van der Waals surface area contributed by atoms with E-state index in [4.69, 9.17) is 18.9 Å². The van der Waals surface area contributed by atoms with Crippen LogP contribution in [0.3, 0.4) is 0 Å². The van der Waals surface area contributed by atoms with Gasteiger partial charge in [-0.3, -0.25) is 0 Å². The van der Waals surface area contributed by atoms with Gasteiger partial charge in [-0.25, -0.2) is 14.8 Å². The van der Waals surface area contributed by atoms with Crippen molar-refractivity contribution in [2.24, 2.45) is 0 Å². The summed E-state index contributed by atoms with van der Waals surface area (Å²) in [7, 11) is 3.15. The van der Waals surface area contributed by atoms with Crippen LogP contribution in [0.2, 0.25) is 0 Å². The molecule has 1 aliphatic rings. The van der Waals surface area contributed by atoms with Gasteiger partial charge in [-0.05, 0) is 36.4 Å². The molecule has 10 nitrogen and oxygen atoms in total. The highest BCUT2D eigenvalue weighted by atomic mass is 16.6. The Morgan fingerprint density at radius 3 is 2.37 bits per heavy atom. The molecule has 2 amide bonds. The van der Waals surface area contributed by atoms with Gasteiger partial charge in [-0.1, -0.05) is 6.07 Å². The smallest absolute Gasteiger partial charge is 0.323 e. The van der Waals surface area contributed by atoms with E-state index in [1.807, 2.05) is 12.1 Å². The van der Waals surface area contributed by atoms with Crippen LogP contribution in [0.4, 0.5) is 27.7 Å². The van der Waals surface area contributed by atoms with Crippen molar-refractivity contribution < 1.29 is 23.7 Å². The van der Waals surface area contributed by atoms with Crippen LogP contribution >= 0.6 is 0 Å². The molecule has 2 heterocycles. The van der Waals surface area contributed by atoms with Gasteiger partial charge < -0.3 is 34.9 Å². The van der Waals surface area contributed by atoms with Gasteiger partial charge in [0, 0.05) is 29.2 Å². The van der Waals surface area contributed by atoms with Gasteiger partial charge in [0.2, 0.25) is 5.75 Å². The van der Waals surface area contributed by atoms with E-state index >= 15 is 0 Å². The third-order valence-corrected chi connectivity index (χ3v) is 5.33. The number of methoxy groups -OCH3 is 2. The summed E-state index contributed by atoms with van der Waals surface area (Å²) >= 11 is 0. The van der Waals surface area contributed by atoms with Crippen LogP contribution in [0.25, 0.3) is 10.9 Å². The first-order chi connectivity index (χ1) is 17.1. The first-order valence-electron chi connectivity index (χ1n) is 10.8. The molecule has 10 heteroatoms. The predicted molar refractivity (Wildman–Crippen MR) is 132 cm³/mol. The lowest BCUT2D eigenvalue weighted by Crippen LogP contribution is -2.19. The largest absolute Gasteiger partial charge is 0.497 e. The third-order valence-electron chi connectivity index (χ3n) is 5.33. The number of carbonyl (C=O) groups is 1. The molecular weight excluding hydrogens is 450 g/mol. The number of hydrogen-bond acceptors (Lipinski definition) is 8. The van der Waals surface area contributed by atoms with E-state index in [9.17, 15) is 4.79 Å². The van der Waals surface area contributed by atoms with Crippen LogP contribution in [-0.4, -0.2) is 43.4 Å². The average Bonchev–Trinajstić information content (AvgIpc) is 2.89. The molecule has 1 aliphatic heterocycles. The summed E-state index contributed by atoms with van der Waals surface area (Å²) in [6.45, 7) is 0.854. The van der Waals surface area contributed by atoms with Crippen LogP contribution in [0, 0.1) is 0 Å². The lowest BCUT2D eigenvalue weighted by Gasteiger charge is -2.22. The van der Waals surface area contributed by atoms with E-state index in [0.717, 1.165) is 5.69 Å². The second-order valence-corrected chi connectivity index (χ2v) is 7.56. The predicted octanol–water partition coefficient (Wildman–Crippen LogP) is 4.81. The Morgan fingerprint density at radius 1 is 0.857 bits per heavy atom. The van der Waals surface area contributed by atoms with E-state index in [0.29, 0.717) is 64.3 Å². The van der Waals surface area contributed by atoms with Crippen molar-refractivity contribution in [1.82, 2.24) is 9.97 Å². The minimum atomic E-state index is -0.363. The number of nitrogens with zero attached hydrogens (tertiary/aromatic N) is 2. The quantitative estimate of drug-likeness (QED) is 0.366. The van der Waals surface area contributed by atoms with Gasteiger partial charge in [-0.15, -0.1) is 0 Å². The molecule has 1 aromatic heterocycles. The number of urea groups is 1.